The number of hydrogen-bond donors (Lipinski definition) is 2. The van der Waals surface area contributed by atoms with E-state index in [9.17, 15) is 0 Å². The Labute approximate surface area is 72.4 Å². The molecule has 0 aliphatic carbocycles. The van der Waals surface area contributed by atoms with E-state index in [4.69, 9.17) is 0 Å². The summed E-state index contributed by atoms with van der Waals surface area (Å²) in [6.07, 6.45) is 1.87. The number of aromatic nitrogens is 1. The summed E-state index contributed by atoms with van der Waals surface area (Å²) in [5, 5.41) is 3.34. The fourth-order valence-electron chi connectivity index (χ4n) is 1.56. The quantitative estimate of drug-likeness (QED) is 0.569. The highest BCUT2D eigenvalue weighted by molar-refractivity contribution is 5.16. The molecule has 12 heavy (non-hydrogen) atoms. The molecule has 0 bridgehead atoms. The molecule has 2 N–H and O–H groups in total. The number of quaternary nitrogens is 1. The van der Waals surface area contributed by atoms with E-state index in [1.54, 1.807) is 0 Å². The topological polar surface area (TPSA) is 29.4 Å². The van der Waals surface area contributed by atoms with Gasteiger partial charge in [-0.25, -0.2) is 4.98 Å². The highest BCUT2D eigenvalue weighted by Crippen LogP contribution is 1.92. The first kappa shape index (κ1) is 7.71. The van der Waals surface area contributed by atoms with Crippen LogP contribution in [0.25, 0.3) is 0 Å². The summed E-state index contributed by atoms with van der Waals surface area (Å²) < 4.78 is 0. The summed E-state index contributed by atoms with van der Waals surface area (Å²) in [6, 6.07) is 6.11. The molecular formula is C9H14N3+. The highest BCUT2D eigenvalue weighted by Gasteiger charge is 2.15. The van der Waals surface area contributed by atoms with Crippen LogP contribution in [0.4, 0.5) is 5.82 Å². The zero-order valence-corrected chi connectivity index (χ0v) is 7.09. The first-order chi connectivity index (χ1) is 5.97. The molecule has 2 rings (SSSR count). The molecule has 1 aliphatic heterocycles. The monoisotopic (exact) mass is 164 g/mol. The maximum atomic E-state index is 4.34. The van der Waals surface area contributed by atoms with Crippen LogP contribution in [0.2, 0.25) is 0 Å². The zero-order valence-electron chi connectivity index (χ0n) is 7.09. The van der Waals surface area contributed by atoms with Gasteiger partial charge in [0.25, 0.3) is 0 Å². The van der Waals surface area contributed by atoms with E-state index in [0.29, 0.717) is 0 Å². The molecule has 0 aromatic carbocycles. The number of hydrogen-bond acceptors (Lipinski definition) is 2. The first-order valence-electron chi connectivity index (χ1n) is 4.43. The maximum absolute atomic E-state index is 4.34. The third-order valence-electron chi connectivity index (χ3n) is 2.23. The van der Waals surface area contributed by atoms with Gasteiger partial charge in [0, 0.05) is 25.4 Å². The van der Waals surface area contributed by atoms with Gasteiger partial charge in [-0.05, 0) is 6.07 Å². The molecule has 1 saturated heterocycles. The largest absolute Gasteiger partial charge is 0.306 e. The van der Waals surface area contributed by atoms with Crippen LogP contribution in [0.3, 0.4) is 0 Å². The minimum Gasteiger partial charge on any atom is -0.306 e. The first-order valence-corrected chi connectivity index (χ1v) is 4.43. The van der Waals surface area contributed by atoms with Crippen LogP contribution in [0.1, 0.15) is 0 Å². The molecule has 0 radical (unpaired) electrons. The molecule has 0 atom stereocenters. The van der Waals surface area contributed by atoms with E-state index in [2.05, 4.69) is 22.4 Å². The Bertz CT molecular complexity index is 229. The van der Waals surface area contributed by atoms with Crippen LogP contribution in [0.15, 0.2) is 24.4 Å². The summed E-state index contributed by atoms with van der Waals surface area (Å²) in [5.74, 6) is 1.18. The molecule has 3 nitrogen and oxygen atoms in total. The van der Waals surface area contributed by atoms with Gasteiger partial charge in [-0.3, -0.25) is 4.90 Å². The number of pyridine rings is 1. The number of nitrogens with one attached hydrogen (secondary N) is 2. The maximum Gasteiger partial charge on any atom is 0.225 e. The van der Waals surface area contributed by atoms with Gasteiger partial charge in [0.05, 0.1) is 13.1 Å². The van der Waals surface area contributed by atoms with Gasteiger partial charge in [0.15, 0.2) is 0 Å². The Morgan fingerprint density at radius 3 is 2.75 bits per heavy atom. The van der Waals surface area contributed by atoms with E-state index >= 15 is 0 Å². The number of piperazine rings is 1. The molecule has 0 unspecified atom stereocenters. The molecular weight excluding hydrogens is 150 g/mol. The van der Waals surface area contributed by atoms with Gasteiger partial charge in [0.1, 0.15) is 0 Å². The number of nitrogens with zero attached hydrogens (tertiary/aromatic N) is 1. The van der Waals surface area contributed by atoms with Crippen LogP contribution in [0, 0.1) is 0 Å². The minimum absolute atomic E-state index is 1.10. The molecule has 0 amide bonds. The summed E-state index contributed by atoms with van der Waals surface area (Å²) in [4.78, 5) is 5.83. The molecule has 2 heterocycles. The second kappa shape index (κ2) is 3.65. The average molecular weight is 164 g/mol. The summed E-state index contributed by atoms with van der Waals surface area (Å²) >= 11 is 0. The van der Waals surface area contributed by atoms with Crippen molar-refractivity contribution in [2.45, 2.75) is 0 Å². The van der Waals surface area contributed by atoms with E-state index < -0.39 is 0 Å². The van der Waals surface area contributed by atoms with Crippen molar-refractivity contribution in [3.63, 3.8) is 0 Å². The van der Waals surface area contributed by atoms with Gasteiger partial charge in [-0.1, -0.05) is 6.07 Å². The van der Waals surface area contributed by atoms with Gasteiger partial charge >= 0.3 is 0 Å². The summed E-state index contributed by atoms with van der Waals surface area (Å²) in [7, 11) is 0. The van der Waals surface area contributed by atoms with Crippen molar-refractivity contribution in [2.75, 3.05) is 26.2 Å². The van der Waals surface area contributed by atoms with Crippen molar-refractivity contribution in [2.24, 2.45) is 0 Å². The molecule has 1 aromatic heterocycles. The minimum atomic E-state index is 1.10. The Morgan fingerprint density at radius 1 is 1.25 bits per heavy atom. The lowest BCUT2D eigenvalue weighted by Crippen LogP contribution is -3.10. The van der Waals surface area contributed by atoms with Crippen molar-refractivity contribution in [3.8, 4) is 0 Å². The molecule has 1 fully saturated rings. The van der Waals surface area contributed by atoms with Gasteiger partial charge in [0.2, 0.25) is 5.82 Å². The smallest absolute Gasteiger partial charge is 0.225 e. The van der Waals surface area contributed by atoms with Crippen LogP contribution in [-0.4, -0.2) is 31.2 Å². The highest BCUT2D eigenvalue weighted by atomic mass is 15.2. The molecule has 0 saturated carbocycles. The van der Waals surface area contributed by atoms with Crippen molar-refractivity contribution in [3.05, 3.63) is 24.4 Å². The van der Waals surface area contributed by atoms with Gasteiger partial charge in [-0.15, -0.1) is 0 Å². The predicted molar refractivity (Wildman–Crippen MR) is 47.5 cm³/mol. The second-order valence-corrected chi connectivity index (χ2v) is 3.07. The number of rotatable bonds is 1. The molecule has 0 spiro atoms. The van der Waals surface area contributed by atoms with Crippen molar-refractivity contribution < 1.29 is 4.90 Å². The molecule has 1 aromatic rings. The van der Waals surface area contributed by atoms with Crippen LogP contribution >= 0.6 is 0 Å². The van der Waals surface area contributed by atoms with E-state index in [0.717, 1.165) is 26.2 Å². The molecule has 64 valence electrons. The zero-order chi connectivity index (χ0) is 8.23. The SMILES string of the molecule is c1ccc([NH+]2CCNCC2)nc1. The summed E-state index contributed by atoms with van der Waals surface area (Å²) in [5.41, 5.74) is 0. The lowest BCUT2D eigenvalue weighted by Gasteiger charge is -2.22. The van der Waals surface area contributed by atoms with E-state index in [1.165, 1.54) is 10.7 Å². The Hall–Kier alpha value is -0.930. The third kappa shape index (κ3) is 1.62. The fourth-order valence-corrected chi connectivity index (χ4v) is 1.56. The second-order valence-electron chi connectivity index (χ2n) is 3.07. The van der Waals surface area contributed by atoms with Crippen molar-refractivity contribution in [1.82, 2.24) is 10.3 Å². The van der Waals surface area contributed by atoms with Gasteiger partial charge < -0.3 is 5.32 Å². The standard InChI is InChI=1S/C9H13N3/c1-2-4-11-9(3-1)12-7-5-10-6-8-12/h1-4,10H,5-8H2/p+1. The molecule has 3 heteroatoms. The fraction of sp³-hybridized carbons (Fsp3) is 0.444. The lowest BCUT2D eigenvalue weighted by atomic mass is 10.3. The van der Waals surface area contributed by atoms with Crippen LogP contribution in [0.5, 0.6) is 0 Å². The predicted octanol–water partition coefficient (Wildman–Crippen LogP) is -0.799. The van der Waals surface area contributed by atoms with E-state index in [-0.39, 0.29) is 0 Å². The third-order valence-corrected chi connectivity index (χ3v) is 2.23. The van der Waals surface area contributed by atoms with Gasteiger partial charge in [-0.2, -0.15) is 0 Å². The Balaban J connectivity index is 2.08. The van der Waals surface area contributed by atoms with Crippen molar-refractivity contribution in [1.29, 1.82) is 0 Å². The average Bonchev–Trinajstić information content (AvgIpc) is 2.21. The Kier molecular flexibility index (Phi) is 2.34. The lowest BCUT2D eigenvalue weighted by molar-refractivity contribution is -0.837. The Morgan fingerprint density at radius 2 is 2.08 bits per heavy atom. The van der Waals surface area contributed by atoms with Crippen molar-refractivity contribution >= 4 is 5.82 Å². The van der Waals surface area contributed by atoms with E-state index in [1.807, 2.05) is 12.3 Å². The van der Waals surface area contributed by atoms with Crippen LogP contribution in [-0.2, 0) is 0 Å². The normalized spacial score (nSPS) is 19.3. The summed E-state index contributed by atoms with van der Waals surface area (Å²) in [6.45, 7) is 4.51. The molecule has 1 aliphatic rings. The van der Waals surface area contributed by atoms with Crippen LogP contribution < -0.4 is 10.2 Å².